The van der Waals surface area contributed by atoms with Gasteiger partial charge in [0.15, 0.2) is 6.23 Å². The molecule has 0 spiro atoms. The molecule has 0 saturated carbocycles. The fourth-order valence-corrected chi connectivity index (χ4v) is 3.58. The van der Waals surface area contributed by atoms with E-state index in [2.05, 4.69) is 10.6 Å². The van der Waals surface area contributed by atoms with Gasteiger partial charge >= 0.3 is 6.09 Å². The second-order valence-electron chi connectivity index (χ2n) is 7.73. The first-order valence-corrected chi connectivity index (χ1v) is 10.2. The number of hydrogen-bond acceptors (Lipinski definition) is 5. The lowest BCUT2D eigenvalue weighted by molar-refractivity contribution is 0.130. The molecule has 6 heteroatoms. The molecule has 1 atom stereocenters. The molecule has 31 heavy (non-hydrogen) atoms. The summed E-state index contributed by atoms with van der Waals surface area (Å²) in [5, 5.41) is 18.8. The average molecular weight is 415 g/mol. The number of pyridine rings is 1. The first-order valence-electron chi connectivity index (χ1n) is 10.2. The molecule has 3 aromatic carbocycles. The number of aliphatic hydroxyl groups excluding tert-OH is 1. The van der Waals surface area contributed by atoms with Crippen LogP contribution in [0.2, 0.25) is 0 Å². The highest BCUT2D eigenvalue weighted by Gasteiger charge is 2.15. The molecule has 3 N–H and O–H groups in total. The number of carbonyl (C=O) groups excluding carboxylic acids is 1. The molecule has 1 aromatic heterocycles. The number of amides is 1. The van der Waals surface area contributed by atoms with Gasteiger partial charge in [-0.1, -0.05) is 48.5 Å². The molecule has 0 fully saturated rings. The lowest BCUT2D eigenvalue weighted by Crippen LogP contribution is -2.18. The third kappa shape index (κ3) is 4.44. The van der Waals surface area contributed by atoms with Crippen molar-refractivity contribution in [2.75, 3.05) is 10.6 Å². The van der Waals surface area contributed by atoms with Gasteiger partial charge in [0.2, 0.25) is 0 Å². The molecular formula is C25H25N3O3. The van der Waals surface area contributed by atoms with Gasteiger partial charge in [-0.2, -0.15) is 0 Å². The summed E-state index contributed by atoms with van der Waals surface area (Å²) in [5.41, 5.74) is 4.78. The molecule has 0 saturated heterocycles. The number of hydrogen-bond donors (Lipinski definition) is 3. The highest BCUT2D eigenvalue weighted by molar-refractivity contribution is 6.08. The Hall–Kier alpha value is -3.64. The number of aryl methyl sites for hydroxylation is 1. The van der Waals surface area contributed by atoms with Crippen LogP contribution in [0.1, 0.15) is 31.2 Å². The van der Waals surface area contributed by atoms with Crippen LogP contribution >= 0.6 is 0 Å². The Balaban J connectivity index is 1.69. The van der Waals surface area contributed by atoms with Gasteiger partial charge in [0.05, 0.1) is 22.8 Å². The van der Waals surface area contributed by atoms with Crippen molar-refractivity contribution in [1.29, 1.82) is 0 Å². The molecule has 0 radical (unpaired) electrons. The number of ether oxygens (including phenoxy) is 1. The molecule has 4 rings (SSSR count). The number of nitrogens with one attached hydrogen (secondary N) is 2. The molecule has 1 heterocycles. The summed E-state index contributed by atoms with van der Waals surface area (Å²) >= 11 is 0. The zero-order chi connectivity index (χ0) is 22.0. The molecule has 6 nitrogen and oxygen atoms in total. The van der Waals surface area contributed by atoms with Crippen LogP contribution in [0, 0.1) is 6.92 Å². The summed E-state index contributed by atoms with van der Waals surface area (Å²) in [6.07, 6.45) is -1.74. The van der Waals surface area contributed by atoms with E-state index >= 15 is 0 Å². The fourth-order valence-electron chi connectivity index (χ4n) is 3.58. The van der Waals surface area contributed by atoms with E-state index in [1.54, 1.807) is 38.1 Å². The molecule has 0 bridgehead atoms. The van der Waals surface area contributed by atoms with Crippen molar-refractivity contribution in [2.45, 2.75) is 33.1 Å². The standard InChI is InChI=1S/C25H25N3O3/c1-15(2)31-25(30)26-18-10-7-9-17(14-18)24(29)28-23-19-11-4-5-13-21(19)27-22-16(3)8-6-12-20(22)23/h4-15,24,29H,1-3H3,(H,26,30)(H,27,28). The van der Waals surface area contributed by atoms with Crippen molar-refractivity contribution < 1.29 is 14.6 Å². The second-order valence-corrected chi connectivity index (χ2v) is 7.73. The zero-order valence-corrected chi connectivity index (χ0v) is 17.7. The number of aliphatic hydroxyl groups is 1. The maximum atomic E-state index is 11.9. The predicted octanol–water partition coefficient (Wildman–Crippen LogP) is 5.76. The van der Waals surface area contributed by atoms with E-state index in [0.29, 0.717) is 11.3 Å². The second kappa shape index (κ2) is 8.62. The molecule has 158 valence electrons. The minimum atomic E-state index is -0.989. The highest BCUT2D eigenvalue weighted by atomic mass is 16.6. The van der Waals surface area contributed by atoms with Crippen molar-refractivity contribution in [2.24, 2.45) is 0 Å². The van der Waals surface area contributed by atoms with Crippen LogP contribution in [0.5, 0.6) is 0 Å². The van der Waals surface area contributed by atoms with E-state index < -0.39 is 12.3 Å². The van der Waals surface area contributed by atoms with Crippen molar-refractivity contribution in [3.8, 4) is 0 Å². The summed E-state index contributed by atoms with van der Waals surface area (Å²) in [6.45, 7) is 5.60. The summed E-state index contributed by atoms with van der Waals surface area (Å²) in [4.78, 5) is 16.7. The molecule has 0 aliphatic heterocycles. The van der Waals surface area contributed by atoms with Crippen molar-refractivity contribution in [1.82, 2.24) is 4.98 Å². The predicted molar refractivity (Wildman–Crippen MR) is 124 cm³/mol. The fraction of sp³-hybridized carbons (Fsp3) is 0.200. The van der Waals surface area contributed by atoms with Crippen LogP contribution in [0.4, 0.5) is 16.2 Å². The van der Waals surface area contributed by atoms with Crippen molar-refractivity contribution in [3.63, 3.8) is 0 Å². The minimum Gasteiger partial charge on any atom is -0.447 e. The molecule has 1 amide bonds. The SMILES string of the molecule is Cc1cccc2c(NC(O)c3cccc(NC(=O)OC(C)C)c3)c3ccccc3nc12. The summed E-state index contributed by atoms with van der Waals surface area (Å²) in [7, 11) is 0. The number of nitrogens with zero attached hydrogens (tertiary/aromatic N) is 1. The third-order valence-corrected chi connectivity index (χ3v) is 4.99. The van der Waals surface area contributed by atoms with Crippen LogP contribution in [0.25, 0.3) is 21.8 Å². The number of carbonyl (C=O) groups is 1. The molecule has 4 aromatic rings. The monoisotopic (exact) mass is 415 g/mol. The smallest absolute Gasteiger partial charge is 0.411 e. The number of para-hydroxylation sites is 2. The van der Waals surface area contributed by atoms with Crippen molar-refractivity contribution in [3.05, 3.63) is 77.9 Å². The van der Waals surface area contributed by atoms with E-state index in [0.717, 1.165) is 33.1 Å². The lowest BCUT2D eigenvalue weighted by Gasteiger charge is -2.19. The van der Waals surface area contributed by atoms with Gasteiger partial charge in [-0.3, -0.25) is 5.32 Å². The normalized spacial score (nSPS) is 12.2. The van der Waals surface area contributed by atoms with Gasteiger partial charge in [0.25, 0.3) is 0 Å². The Labute approximate surface area is 180 Å². The Morgan fingerprint density at radius 3 is 2.55 bits per heavy atom. The molecule has 0 aliphatic rings. The summed E-state index contributed by atoms with van der Waals surface area (Å²) in [6, 6.07) is 20.9. The van der Waals surface area contributed by atoms with Crippen LogP contribution in [-0.2, 0) is 4.74 Å². The highest BCUT2D eigenvalue weighted by Crippen LogP contribution is 2.34. The van der Waals surface area contributed by atoms with Crippen LogP contribution < -0.4 is 10.6 Å². The minimum absolute atomic E-state index is 0.216. The van der Waals surface area contributed by atoms with E-state index in [1.165, 1.54) is 0 Å². The van der Waals surface area contributed by atoms with Gasteiger partial charge in [0.1, 0.15) is 0 Å². The van der Waals surface area contributed by atoms with E-state index in [9.17, 15) is 9.90 Å². The first kappa shape index (κ1) is 20.6. The quantitative estimate of drug-likeness (QED) is 0.285. The number of rotatable bonds is 5. The largest absolute Gasteiger partial charge is 0.447 e. The van der Waals surface area contributed by atoms with E-state index in [4.69, 9.17) is 9.72 Å². The molecular weight excluding hydrogens is 390 g/mol. The van der Waals surface area contributed by atoms with Gasteiger partial charge in [0, 0.05) is 22.0 Å². The van der Waals surface area contributed by atoms with Gasteiger partial charge in [-0.25, -0.2) is 9.78 Å². The van der Waals surface area contributed by atoms with E-state index in [1.807, 2.05) is 49.4 Å². The Bertz CT molecular complexity index is 1250. The van der Waals surface area contributed by atoms with Gasteiger partial charge in [-0.05, 0) is 44.5 Å². The number of anilines is 2. The Morgan fingerprint density at radius 2 is 1.74 bits per heavy atom. The van der Waals surface area contributed by atoms with Crippen LogP contribution in [-0.4, -0.2) is 22.3 Å². The molecule has 1 unspecified atom stereocenters. The Morgan fingerprint density at radius 1 is 1.00 bits per heavy atom. The maximum absolute atomic E-state index is 11.9. The van der Waals surface area contributed by atoms with Crippen LogP contribution in [0.3, 0.4) is 0 Å². The van der Waals surface area contributed by atoms with Crippen molar-refractivity contribution >= 4 is 39.3 Å². The number of benzene rings is 3. The maximum Gasteiger partial charge on any atom is 0.411 e. The third-order valence-electron chi connectivity index (χ3n) is 4.99. The van der Waals surface area contributed by atoms with Gasteiger partial charge in [-0.15, -0.1) is 0 Å². The average Bonchev–Trinajstić information content (AvgIpc) is 2.74. The molecule has 0 aliphatic carbocycles. The van der Waals surface area contributed by atoms with Crippen LogP contribution in [0.15, 0.2) is 66.7 Å². The number of fused-ring (bicyclic) bond motifs is 2. The van der Waals surface area contributed by atoms with E-state index in [-0.39, 0.29) is 6.10 Å². The Kier molecular flexibility index (Phi) is 5.73. The topological polar surface area (TPSA) is 83.5 Å². The van der Waals surface area contributed by atoms with Gasteiger partial charge < -0.3 is 15.2 Å². The number of aromatic nitrogens is 1. The summed E-state index contributed by atoms with van der Waals surface area (Å²) < 4.78 is 5.12. The lowest BCUT2D eigenvalue weighted by atomic mass is 10.0. The zero-order valence-electron chi connectivity index (χ0n) is 17.7. The summed E-state index contributed by atoms with van der Waals surface area (Å²) in [5.74, 6) is 0. The first-order chi connectivity index (χ1) is 14.9.